The highest BCUT2D eigenvalue weighted by Crippen LogP contribution is 2.34. The maximum atomic E-state index is 12.1. The van der Waals surface area contributed by atoms with E-state index < -0.39 is 5.60 Å². The Hall–Kier alpha value is -1.73. The molecule has 3 rings (SSSR count). The summed E-state index contributed by atoms with van der Waals surface area (Å²) in [5.74, 6) is 0.774. The van der Waals surface area contributed by atoms with Gasteiger partial charge in [0.1, 0.15) is 12.1 Å². The highest BCUT2D eigenvalue weighted by molar-refractivity contribution is 5.77. The Bertz CT molecular complexity index is 591. The van der Waals surface area contributed by atoms with Crippen LogP contribution in [-0.2, 0) is 9.53 Å². The van der Waals surface area contributed by atoms with Crippen LogP contribution in [0.2, 0.25) is 0 Å². The van der Waals surface area contributed by atoms with Gasteiger partial charge in [-0.25, -0.2) is 9.97 Å². The van der Waals surface area contributed by atoms with Gasteiger partial charge in [-0.3, -0.25) is 4.79 Å². The van der Waals surface area contributed by atoms with Gasteiger partial charge in [-0.15, -0.1) is 0 Å². The van der Waals surface area contributed by atoms with Gasteiger partial charge < -0.3 is 20.1 Å². The molecule has 132 valence electrons. The van der Waals surface area contributed by atoms with Crippen LogP contribution in [0.15, 0.2) is 12.4 Å². The fourth-order valence-corrected chi connectivity index (χ4v) is 3.47. The number of hydrogen-bond acceptors (Lipinski definition) is 6. The fraction of sp³-hybridized carbons (Fsp3) is 0.706. The largest absolute Gasteiger partial charge is 0.389 e. The Balaban J connectivity index is 1.60. The first-order valence-electron chi connectivity index (χ1n) is 8.56. The summed E-state index contributed by atoms with van der Waals surface area (Å²) in [5, 5.41) is 13.1. The molecule has 0 aromatic carbocycles. The van der Waals surface area contributed by atoms with Crippen molar-refractivity contribution in [1.29, 1.82) is 0 Å². The van der Waals surface area contributed by atoms with Crippen LogP contribution in [0.3, 0.4) is 0 Å². The van der Waals surface area contributed by atoms with E-state index in [0.717, 1.165) is 43.7 Å². The lowest BCUT2D eigenvalue weighted by molar-refractivity contribution is -0.130. The first-order valence-corrected chi connectivity index (χ1v) is 8.56. The van der Waals surface area contributed by atoms with Crippen molar-refractivity contribution in [2.45, 2.75) is 56.8 Å². The normalized spacial score (nSPS) is 25.4. The van der Waals surface area contributed by atoms with E-state index in [9.17, 15) is 9.90 Å². The lowest BCUT2D eigenvalue weighted by Gasteiger charge is -2.36. The van der Waals surface area contributed by atoms with E-state index in [2.05, 4.69) is 20.2 Å². The van der Waals surface area contributed by atoms with Gasteiger partial charge >= 0.3 is 0 Å². The number of carbonyl (C=O) groups is 1. The van der Waals surface area contributed by atoms with Crippen LogP contribution >= 0.6 is 0 Å². The molecule has 1 aromatic heterocycles. The van der Waals surface area contributed by atoms with E-state index in [-0.39, 0.29) is 24.5 Å². The Kier molecular flexibility index (Phi) is 5.01. The van der Waals surface area contributed by atoms with Crippen molar-refractivity contribution in [3.05, 3.63) is 18.1 Å². The van der Waals surface area contributed by atoms with Crippen molar-refractivity contribution in [2.75, 3.05) is 25.1 Å². The smallest absolute Gasteiger partial charge is 0.222 e. The zero-order chi connectivity index (χ0) is 17.2. The lowest BCUT2D eigenvalue weighted by atomic mass is 9.78. The average Bonchev–Trinajstić information content (AvgIpc) is 2.95. The van der Waals surface area contributed by atoms with Crippen LogP contribution in [0.4, 0.5) is 5.82 Å². The minimum atomic E-state index is -0.779. The number of nitrogens with one attached hydrogen (secondary N) is 1. The third-order valence-corrected chi connectivity index (χ3v) is 5.10. The molecule has 1 amide bonds. The predicted octanol–water partition coefficient (Wildman–Crippen LogP) is 0.800. The van der Waals surface area contributed by atoms with Gasteiger partial charge in [0.05, 0.1) is 24.2 Å². The Morgan fingerprint density at radius 3 is 2.92 bits per heavy atom. The van der Waals surface area contributed by atoms with Gasteiger partial charge in [-0.2, -0.15) is 0 Å². The molecule has 0 bridgehead atoms. The number of amides is 1. The maximum Gasteiger partial charge on any atom is 0.222 e. The standard InChI is InChI=1S/C17H26N4O3/c1-12-6-15(20-11-19-12)21-10-14(24-2)7-13(21)9-18-16(22)8-17(23)4-3-5-17/h6,11,13-14,23H,3-5,7-10H2,1-2H3,(H,18,22)/t13-,14-/m0/s1. The number of hydrogen-bond donors (Lipinski definition) is 2. The quantitative estimate of drug-likeness (QED) is 0.800. The third kappa shape index (κ3) is 3.84. The number of aliphatic hydroxyl groups is 1. The summed E-state index contributed by atoms with van der Waals surface area (Å²) in [6.07, 6.45) is 5.17. The topological polar surface area (TPSA) is 87.6 Å². The Morgan fingerprint density at radius 2 is 2.29 bits per heavy atom. The molecule has 2 N–H and O–H groups in total. The zero-order valence-electron chi connectivity index (χ0n) is 14.4. The molecule has 0 radical (unpaired) electrons. The maximum absolute atomic E-state index is 12.1. The molecule has 1 saturated heterocycles. The first-order chi connectivity index (χ1) is 11.5. The zero-order valence-corrected chi connectivity index (χ0v) is 14.4. The van der Waals surface area contributed by atoms with Crippen LogP contribution in [-0.4, -0.2) is 58.9 Å². The van der Waals surface area contributed by atoms with Crippen LogP contribution < -0.4 is 10.2 Å². The van der Waals surface area contributed by atoms with Gasteiger partial charge in [-0.1, -0.05) is 0 Å². The molecule has 2 heterocycles. The minimum absolute atomic E-state index is 0.0862. The van der Waals surface area contributed by atoms with Gasteiger partial charge in [0, 0.05) is 32.0 Å². The van der Waals surface area contributed by atoms with Crippen molar-refractivity contribution >= 4 is 11.7 Å². The molecule has 24 heavy (non-hydrogen) atoms. The third-order valence-electron chi connectivity index (χ3n) is 5.10. The van der Waals surface area contributed by atoms with E-state index in [4.69, 9.17) is 4.74 Å². The lowest BCUT2D eigenvalue weighted by Crippen LogP contribution is -2.45. The number of aromatic nitrogens is 2. The molecule has 7 nitrogen and oxygen atoms in total. The Labute approximate surface area is 142 Å². The second kappa shape index (κ2) is 7.03. The molecular weight excluding hydrogens is 308 g/mol. The minimum Gasteiger partial charge on any atom is -0.389 e. The molecule has 1 aliphatic heterocycles. The van der Waals surface area contributed by atoms with Crippen molar-refractivity contribution in [2.24, 2.45) is 0 Å². The number of carbonyl (C=O) groups excluding carboxylic acids is 1. The number of aryl methyl sites for hydroxylation is 1. The average molecular weight is 334 g/mol. The number of nitrogens with zero attached hydrogens (tertiary/aromatic N) is 3. The van der Waals surface area contributed by atoms with E-state index in [1.165, 1.54) is 0 Å². The van der Waals surface area contributed by atoms with E-state index >= 15 is 0 Å². The molecule has 0 spiro atoms. The van der Waals surface area contributed by atoms with Crippen LogP contribution in [0.1, 0.15) is 37.8 Å². The number of methoxy groups -OCH3 is 1. The fourth-order valence-electron chi connectivity index (χ4n) is 3.47. The van der Waals surface area contributed by atoms with Crippen molar-refractivity contribution in [3.8, 4) is 0 Å². The molecule has 2 atom stereocenters. The summed E-state index contributed by atoms with van der Waals surface area (Å²) >= 11 is 0. The van der Waals surface area contributed by atoms with Crippen molar-refractivity contribution in [3.63, 3.8) is 0 Å². The van der Waals surface area contributed by atoms with Crippen LogP contribution in [0, 0.1) is 6.92 Å². The monoisotopic (exact) mass is 334 g/mol. The molecule has 2 fully saturated rings. The highest BCUT2D eigenvalue weighted by atomic mass is 16.5. The number of rotatable bonds is 6. The van der Waals surface area contributed by atoms with Gasteiger partial charge in [0.25, 0.3) is 0 Å². The van der Waals surface area contributed by atoms with Crippen LogP contribution in [0.25, 0.3) is 0 Å². The number of anilines is 1. The Morgan fingerprint density at radius 1 is 1.50 bits per heavy atom. The van der Waals surface area contributed by atoms with Crippen molar-refractivity contribution < 1.29 is 14.6 Å². The summed E-state index contributed by atoms with van der Waals surface area (Å²) in [4.78, 5) is 22.8. The second-order valence-corrected chi connectivity index (χ2v) is 6.98. The molecule has 0 unspecified atom stereocenters. The van der Waals surface area contributed by atoms with Gasteiger partial charge in [0.2, 0.25) is 5.91 Å². The molecular formula is C17H26N4O3. The predicted molar refractivity (Wildman–Crippen MR) is 89.7 cm³/mol. The second-order valence-electron chi connectivity index (χ2n) is 6.98. The summed E-state index contributed by atoms with van der Waals surface area (Å²) in [5.41, 5.74) is 0.133. The molecule has 1 aliphatic carbocycles. The van der Waals surface area contributed by atoms with Crippen LogP contribution in [0.5, 0.6) is 0 Å². The molecule has 2 aliphatic rings. The summed E-state index contributed by atoms with van der Waals surface area (Å²) in [6.45, 7) is 3.21. The summed E-state index contributed by atoms with van der Waals surface area (Å²) < 4.78 is 5.50. The SMILES string of the molecule is CO[C@H]1C[C@@H](CNC(=O)CC2(O)CCC2)N(c2cc(C)ncn2)C1. The molecule has 7 heteroatoms. The first kappa shape index (κ1) is 17.1. The molecule has 1 aromatic rings. The highest BCUT2D eigenvalue weighted by Gasteiger charge is 2.37. The molecule has 1 saturated carbocycles. The summed E-state index contributed by atoms with van der Waals surface area (Å²) in [6, 6.07) is 2.08. The van der Waals surface area contributed by atoms with Gasteiger partial charge in [-0.05, 0) is 32.6 Å². The van der Waals surface area contributed by atoms with Gasteiger partial charge in [0.15, 0.2) is 0 Å². The van der Waals surface area contributed by atoms with E-state index in [0.29, 0.717) is 6.54 Å². The van der Waals surface area contributed by atoms with E-state index in [1.54, 1.807) is 13.4 Å². The van der Waals surface area contributed by atoms with Crippen molar-refractivity contribution in [1.82, 2.24) is 15.3 Å². The summed E-state index contributed by atoms with van der Waals surface area (Å²) in [7, 11) is 1.71. The van der Waals surface area contributed by atoms with E-state index in [1.807, 2.05) is 13.0 Å². The number of ether oxygens (including phenoxy) is 1.